The number of hydrogen-bond acceptors (Lipinski definition) is 5. The summed E-state index contributed by atoms with van der Waals surface area (Å²) in [4.78, 5) is 0. The van der Waals surface area contributed by atoms with E-state index in [0.29, 0.717) is 25.4 Å². The number of hydrogen-bond donors (Lipinski definition) is 0. The topological polar surface area (TPSA) is 54.7 Å². The molecule has 0 spiro atoms. The van der Waals surface area contributed by atoms with E-state index >= 15 is 0 Å². The van der Waals surface area contributed by atoms with E-state index in [1.54, 1.807) is 7.11 Å². The quantitative estimate of drug-likeness (QED) is 0.107. The second kappa shape index (κ2) is 18.8. The zero-order valence-corrected chi connectivity index (χ0v) is 27.1. The largest absolute Gasteiger partial charge is 0.495 e. The van der Waals surface area contributed by atoms with Crippen molar-refractivity contribution >= 4 is 8.53 Å². The fourth-order valence-electron chi connectivity index (χ4n) is 4.35. The van der Waals surface area contributed by atoms with Crippen LogP contribution >= 0.6 is 8.53 Å². The number of rotatable bonds is 14. The number of aryl methyl sites for hydroxylation is 2. The molecule has 0 amide bonds. The van der Waals surface area contributed by atoms with Crippen LogP contribution in [0.5, 0.6) is 5.75 Å². The molecule has 1 unspecified atom stereocenters. The van der Waals surface area contributed by atoms with E-state index in [4.69, 9.17) is 19.0 Å². The Labute approximate surface area is 260 Å². The molecule has 43 heavy (non-hydrogen) atoms. The molecule has 0 N–H and O–H groups in total. The van der Waals surface area contributed by atoms with Gasteiger partial charge in [-0.2, -0.15) is 5.26 Å². The molecule has 3 aromatic rings. The molecule has 3 rings (SSSR count). The summed E-state index contributed by atoms with van der Waals surface area (Å²) in [7, 11) is 0.496. The Bertz CT molecular complexity index is 1450. The van der Waals surface area contributed by atoms with Crippen LogP contribution in [0.4, 0.5) is 0 Å². The average molecular weight is 595 g/mol. The van der Waals surface area contributed by atoms with Gasteiger partial charge < -0.3 is 13.8 Å². The molecule has 0 saturated carbocycles. The van der Waals surface area contributed by atoms with E-state index in [1.807, 2.05) is 24.3 Å². The standard InChI is InChI=1S/C37H43N2O3P/c1-6-24-39(25-7-2)43(41-26-9-23-38)42-27-22-34-16-14-33(15-17-34)19-21-36-28-30(4)35(29-37(36)40-5)20-18-32-12-10-31(8-3)11-13-32/h10-17,28-29H,6-9,22,24-27H2,1-5H3. The molecule has 0 aliphatic heterocycles. The fraction of sp³-hybridized carbons (Fsp3) is 0.378. The first-order valence-corrected chi connectivity index (χ1v) is 16.2. The molecule has 5 nitrogen and oxygen atoms in total. The van der Waals surface area contributed by atoms with Gasteiger partial charge in [-0.15, -0.1) is 0 Å². The Hall–Kier alpha value is -3.62. The Morgan fingerprint density at radius 3 is 1.88 bits per heavy atom. The van der Waals surface area contributed by atoms with Crippen LogP contribution in [-0.4, -0.2) is 38.1 Å². The molecular formula is C37H43N2O3P. The van der Waals surface area contributed by atoms with Gasteiger partial charge in [0.05, 0.1) is 38.4 Å². The van der Waals surface area contributed by atoms with Crippen LogP contribution in [0.1, 0.15) is 79.0 Å². The molecule has 0 aromatic heterocycles. The van der Waals surface area contributed by atoms with E-state index in [2.05, 4.69) is 98.5 Å². The Morgan fingerprint density at radius 1 is 0.744 bits per heavy atom. The third-order valence-corrected chi connectivity index (χ3v) is 8.42. The first-order valence-electron chi connectivity index (χ1n) is 15.1. The second-order valence-corrected chi connectivity index (χ2v) is 11.7. The normalized spacial score (nSPS) is 11.2. The van der Waals surface area contributed by atoms with Crippen LogP contribution in [-0.2, 0) is 21.9 Å². The molecule has 0 bridgehead atoms. The van der Waals surface area contributed by atoms with Crippen LogP contribution in [0, 0.1) is 41.9 Å². The monoisotopic (exact) mass is 594 g/mol. The summed E-state index contributed by atoms with van der Waals surface area (Å²) in [5.74, 6) is 13.8. The van der Waals surface area contributed by atoms with Gasteiger partial charge in [0.25, 0.3) is 8.53 Å². The molecule has 0 heterocycles. The van der Waals surface area contributed by atoms with Crippen LogP contribution < -0.4 is 4.74 Å². The number of benzene rings is 3. The van der Waals surface area contributed by atoms with Crippen molar-refractivity contribution in [1.82, 2.24) is 4.67 Å². The lowest BCUT2D eigenvalue weighted by atomic mass is 10.0. The first-order chi connectivity index (χ1) is 21.0. The van der Waals surface area contributed by atoms with Crippen LogP contribution in [0.15, 0.2) is 60.7 Å². The minimum atomic E-state index is -1.17. The minimum Gasteiger partial charge on any atom is -0.495 e. The van der Waals surface area contributed by atoms with Crippen LogP contribution in [0.25, 0.3) is 0 Å². The number of methoxy groups -OCH3 is 1. The number of ether oxygens (including phenoxy) is 1. The first kappa shape index (κ1) is 33.9. The molecule has 0 saturated heterocycles. The van der Waals surface area contributed by atoms with Crippen molar-refractivity contribution in [3.63, 3.8) is 0 Å². The van der Waals surface area contributed by atoms with Crippen molar-refractivity contribution in [1.29, 1.82) is 5.26 Å². The maximum Gasteiger partial charge on any atom is 0.258 e. The molecular weight excluding hydrogens is 551 g/mol. The zero-order chi connectivity index (χ0) is 30.9. The van der Waals surface area contributed by atoms with E-state index in [0.717, 1.165) is 66.6 Å². The van der Waals surface area contributed by atoms with Crippen molar-refractivity contribution < 1.29 is 13.8 Å². The van der Waals surface area contributed by atoms with Gasteiger partial charge in [0.15, 0.2) is 0 Å². The van der Waals surface area contributed by atoms with E-state index in [9.17, 15) is 0 Å². The highest BCUT2D eigenvalue weighted by Gasteiger charge is 2.20. The molecule has 0 radical (unpaired) electrons. The second-order valence-electron chi connectivity index (χ2n) is 10.1. The summed E-state index contributed by atoms with van der Waals surface area (Å²) in [6.07, 6.45) is 4.23. The molecule has 6 heteroatoms. The third kappa shape index (κ3) is 11.2. The van der Waals surface area contributed by atoms with Gasteiger partial charge in [-0.05, 0) is 85.7 Å². The van der Waals surface area contributed by atoms with Crippen molar-refractivity contribution in [3.8, 4) is 35.5 Å². The molecule has 1 atom stereocenters. The molecule has 0 fully saturated rings. The fourth-order valence-corrected chi connectivity index (χ4v) is 5.97. The van der Waals surface area contributed by atoms with Gasteiger partial charge in [-0.1, -0.05) is 68.7 Å². The Balaban J connectivity index is 1.64. The van der Waals surface area contributed by atoms with Gasteiger partial charge in [0.1, 0.15) is 5.75 Å². The smallest absolute Gasteiger partial charge is 0.258 e. The zero-order valence-electron chi connectivity index (χ0n) is 26.2. The van der Waals surface area contributed by atoms with Crippen molar-refractivity contribution in [2.45, 2.75) is 59.8 Å². The van der Waals surface area contributed by atoms with Crippen molar-refractivity contribution in [3.05, 3.63) is 99.6 Å². The summed E-state index contributed by atoms with van der Waals surface area (Å²) < 4.78 is 20.1. The highest BCUT2D eigenvalue weighted by atomic mass is 31.2. The van der Waals surface area contributed by atoms with Crippen molar-refractivity contribution in [2.24, 2.45) is 0 Å². The van der Waals surface area contributed by atoms with Gasteiger partial charge in [-0.25, -0.2) is 4.67 Å². The maximum atomic E-state index is 8.89. The lowest BCUT2D eigenvalue weighted by Gasteiger charge is -2.28. The van der Waals surface area contributed by atoms with Crippen molar-refractivity contribution in [2.75, 3.05) is 33.4 Å². The number of nitriles is 1. The van der Waals surface area contributed by atoms with E-state index in [1.165, 1.54) is 11.1 Å². The predicted molar refractivity (Wildman–Crippen MR) is 177 cm³/mol. The summed E-state index contributed by atoms with van der Waals surface area (Å²) in [6, 6.07) is 22.8. The van der Waals surface area contributed by atoms with E-state index < -0.39 is 8.53 Å². The maximum absolute atomic E-state index is 8.89. The van der Waals surface area contributed by atoms with Gasteiger partial charge in [-0.3, -0.25) is 0 Å². The summed E-state index contributed by atoms with van der Waals surface area (Å²) in [5.41, 5.74) is 7.24. The van der Waals surface area contributed by atoms with Gasteiger partial charge in [0.2, 0.25) is 0 Å². The highest BCUT2D eigenvalue weighted by molar-refractivity contribution is 7.44. The average Bonchev–Trinajstić information content (AvgIpc) is 3.03. The SMILES string of the molecule is CCCN(CCC)P(OCCC#N)OCCc1ccc(C#Cc2cc(C)c(C#Cc3ccc(CC)cc3)cc2OC)cc1. The molecule has 0 aliphatic rings. The number of nitrogens with zero attached hydrogens (tertiary/aromatic N) is 2. The predicted octanol–water partition coefficient (Wildman–Crippen LogP) is 8.20. The molecule has 0 aliphatic carbocycles. The van der Waals surface area contributed by atoms with Crippen LogP contribution in [0.2, 0.25) is 0 Å². The lowest BCUT2D eigenvalue weighted by molar-refractivity contribution is 0.207. The summed E-state index contributed by atoms with van der Waals surface area (Å²) in [6.45, 7) is 11.3. The minimum absolute atomic E-state index is 0.370. The Kier molecular flexibility index (Phi) is 14.8. The summed E-state index contributed by atoms with van der Waals surface area (Å²) in [5, 5.41) is 8.89. The van der Waals surface area contributed by atoms with Gasteiger partial charge >= 0.3 is 0 Å². The highest BCUT2D eigenvalue weighted by Crippen LogP contribution is 2.43. The summed E-state index contributed by atoms with van der Waals surface area (Å²) >= 11 is 0. The Morgan fingerprint density at radius 2 is 1.33 bits per heavy atom. The molecule has 3 aromatic carbocycles. The molecule has 224 valence electrons. The third-order valence-electron chi connectivity index (χ3n) is 6.75. The lowest BCUT2D eigenvalue weighted by Crippen LogP contribution is -2.22. The van der Waals surface area contributed by atoms with Gasteiger partial charge in [0, 0.05) is 29.8 Å². The van der Waals surface area contributed by atoms with E-state index in [-0.39, 0.29) is 0 Å². The van der Waals surface area contributed by atoms with Crippen LogP contribution in [0.3, 0.4) is 0 Å².